The lowest BCUT2D eigenvalue weighted by Gasteiger charge is -2.10. The van der Waals surface area contributed by atoms with Crippen LogP contribution in [0.1, 0.15) is 10.4 Å². The highest BCUT2D eigenvalue weighted by molar-refractivity contribution is 6.31. The summed E-state index contributed by atoms with van der Waals surface area (Å²) in [7, 11) is 1.51. The summed E-state index contributed by atoms with van der Waals surface area (Å²) in [6.07, 6.45) is 1.62. The Balaban J connectivity index is 1.91. The van der Waals surface area contributed by atoms with E-state index in [1.165, 1.54) is 7.11 Å². The molecule has 0 aliphatic heterocycles. The van der Waals surface area contributed by atoms with Gasteiger partial charge in [0.25, 0.3) is 5.91 Å². The maximum absolute atomic E-state index is 12.4. The van der Waals surface area contributed by atoms with Crippen molar-refractivity contribution in [2.45, 2.75) is 0 Å². The first-order valence-electron chi connectivity index (χ1n) is 6.67. The highest BCUT2D eigenvalue weighted by Crippen LogP contribution is 2.24. The first-order chi connectivity index (χ1) is 10.7. The Morgan fingerprint density at radius 2 is 2.00 bits per heavy atom. The molecule has 0 atom stereocenters. The molecule has 0 fully saturated rings. The molecule has 0 unspecified atom stereocenters. The number of aromatic nitrogens is 1. The largest absolute Gasteiger partial charge is 0.496 e. The van der Waals surface area contributed by atoms with Gasteiger partial charge in [-0.25, -0.2) is 0 Å². The zero-order chi connectivity index (χ0) is 15.5. The van der Waals surface area contributed by atoms with E-state index in [0.29, 0.717) is 22.0 Å². The monoisotopic (exact) mass is 312 g/mol. The Labute approximate surface area is 132 Å². The van der Waals surface area contributed by atoms with E-state index in [0.717, 1.165) is 10.9 Å². The lowest BCUT2D eigenvalue weighted by atomic mass is 10.1. The molecule has 1 amide bonds. The van der Waals surface area contributed by atoms with Crippen LogP contribution in [0.25, 0.3) is 10.9 Å². The molecule has 110 valence electrons. The first-order valence-corrected chi connectivity index (χ1v) is 7.05. The van der Waals surface area contributed by atoms with Gasteiger partial charge in [-0.3, -0.25) is 9.78 Å². The van der Waals surface area contributed by atoms with E-state index < -0.39 is 0 Å². The van der Waals surface area contributed by atoms with E-state index in [1.807, 2.05) is 30.3 Å². The number of anilines is 1. The number of carbonyl (C=O) groups excluding carboxylic acids is 1. The number of hydrogen-bond acceptors (Lipinski definition) is 3. The van der Waals surface area contributed by atoms with Crippen LogP contribution in [0.4, 0.5) is 5.69 Å². The van der Waals surface area contributed by atoms with Gasteiger partial charge in [-0.1, -0.05) is 29.8 Å². The fraction of sp³-hybridized carbons (Fsp3) is 0.0588. The van der Waals surface area contributed by atoms with Gasteiger partial charge in [0.1, 0.15) is 5.75 Å². The van der Waals surface area contributed by atoms with Gasteiger partial charge in [0.2, 0.25) is 0 Å². The molecule has 4 nitrogen and oxygen atoms in total. The molecule has 0 spiro atoms. The number of benzene rings is 2. The quantitative estimate of drug-likeness (QED) is 0.790. The number of pyridine rings is 1. The topological polar surface area (TPSA) is 51.2 Å². The van der Waals surface area contributed by atoms with Gasteiger partial charge in [0, 0.05) is 10.4 Å². The number of nitrogens with one attached hydrogen (secondary N) is 1. The third kappa shape index (κ3) is 2.87. The van der Waals surface area contributed by atoms with E-state index in [9.17, 15) is 4.79 Å². The number of hydrogen-bond donors (Lipinski definition) is 1. The SMILES string of the molecule is COc1ccc(Cl)cc1C(=O)Nc1cnc2ccccc2c1. The molecule has 3 aromatic rings. The van der Waals surface area contributed by atoms with Crippen LogP contribution in [0.3, 0.4) is 0 Å². The molecule has 0 aliphatic rings. The molecule has 0 radical (unpaired) electrons. The Kier molecular flexibility index (Phi) is 3.94. The summed E-state index contributed by atoms with van der Waals surface area (Å²) >= 11 is 5.95. The number of nitrogens with zero attached hydrogens (tertiary/aromatic N) is 1. The van der Waals surface area contributed by atoms with Crippen molar-refractivity contribution in [3.05, 3.63) is 65.3 Å². The van der Waals surface area contributed by atoms with Crippen LogP contribution in [0, 0.1) is 0 Å². The van der Waals surface area contributed by atoms with Crippen LogP contribution in [0.2, 0.25) is 5.02 Å². The standard InChI is InChI=1S/C17H13ClN2O2/c1-22-16-7-6-12(18)9-14(16)17(21)20-13-8-11-4-2-3-5-15(11)19-10-13/h2-10H,1H3,(H,20,21). The summed E-state index contributed by atoms with van der Waals surface area (Å²) in [6, 6.07) is 14.5. The molecule has 3 rings (SSSR count). The lowest BCUT2D eigenvalue weighted by Crippen LogP contribution is -2.13. The highest BCUT2D eigenvalue weighted by Gasteiger charge is 2.13. The van der Waals surface area contributed by atoms with Crippen molar-refractivity contribution < 1.29 is 9.53 Å². The average molecular weight is 313 g/mol. The van der Waals surface area contributed by atoms with Gasteiger partial charge < -0.3 is 10.1 Å². The summed E-state index contributed by atoms with van der Waals surface area (Å²) in [4.78, 5) is 16.7. The van der Waals surface area contributed by atoms with Crippen molar-refractivity contribution in [1.82, 2.24) is 4.98 Å². The van der Waals surface area contributed by atoms with E-state index in [1.54, 1.807) is 24.4 Å². The number of para-hydroxylation sites is 1. The van der Waals surface area contributed by atoms with Gasteiger partial charge in [-0.05, 0) is 30.3 Å². The van der Waals surface area contributed by atoms with Gasteiger partial charge in [-0.15, -0.1) is 0 Å². The second kappa shape index (κ2) is 6.03. The molecule has 0 bridgehead atoms. The molecule has 22 heavy (non-hydrogen) atoms. The lowest BCUT2D eigenvalue weighted by molar-refractivity contribution is 0.102. The smallest absolute Gasteiger partial charge is 0.259 e. The van der Waals surface area contributed by atoms with E-state index in [2.05, 4.69) is 10.3 Å². The Morgan fingerprint density at radius 3 is 2.82 bits per heavy atom. The van der Waals surface area contributed by atoms with E-state index in [-0.39, 0.29) is 5.91 Å². The molecule has 1 aromatic heterocycles. The number of halogens is 1. The molecule has 0 saturated heterocycles. The van der Waals surface area contributed by atoms with Crippen LogP contribution in [0.5, 0.6) is 5.75 Å². The van der Waals surface area contributed by atoms with E-state index in [4.69, 9.17) is 16.3 Å². The fourth-order valence-corrected chi connectivity index (χ4v) is 2.37. The zero-order valence-corrected chi connectivity index (χ0v) is 12.6. The molecule has 5 heteroatoms. The van der Waals surface area contributed by atoms with Gasteiger partial charge in [0.05, 0.1) is 30.1 Å². The van der Waals surface area contributed by atoms with Crippen molar-refractivity contribution in [2.24, 2.45) is 0 Å². The van der Waals surface area contributed by atoms with Gasteiger partial charge >= 0.3 is 0 Å². The Bertz CT molecular complexity index is 849. The molecule has 1 N–H and O–H groups in total. The van der Waals surface area contributed by atoms with Gasteiger partial charge in [0.15, 0.2) is 0 Å². The maximum atomic E-state index is 12.4. The molecule has 2 aromatic carbocycles. The molecule has 0 saturated carbocycles. The van der Waals surface area contributed by atoms with E-state index >= 15 is 0 Å². The summed E-state index contributed by atoms with van der Waals surface area (Å²) in [6.45, 7) is 0. The number of amides is 1. The van der Waals surface area contributed by atoms with Crippen molar-refractivity contribution in [1.29, 1.82) is 0 Å². The average Bonchev–Trinajstić information content (AvgIpc) is 2.54. The zero-order valence-electron chi connectivity index (χ0n) is 11.8. The molecular weight excluding hydrogens is 300 g/mol. The molecule has 0 aliphatic carbocycles. The van der Waals surface area contributed by atoms with Gasteiger partial charge in [-0.2, -0.15) is 0 Å². The predicted octanol–water partition coefficient (Wildman–Crippen LogP) is 4.15. The third-order valence-electron chi connectivity index (χ3n) is 3.25. The van der Waals surface area contributed by atoms with Crippen molar-refractivity contribution in [2.75, 3.05) is 12.4 Å². The van der Waals surface area contributed by atoms with Crippen LogP contribution >= 0.6 is 11.6 Å². The minimum absolute atomic E-state index is 0.295. The van der Waals surface area contributed by atoms with Crippen LogP contribution in [-0.2, 0) is 0 Å². The Morgan fingerprint density at radius 1 is 1.18 bits per heavy atom. The minimum atomic E-state index is -0.295. The van der Waals surface area contributed by atoms with Crippen molar-refractivity contribution in [3.63, 3.8) is 0 Å². The maximum Gasteiger partial charge on any atom is 0.259 e. The fourth-order valence-electron chi connectivity index (χ4n) is 2.20. The number of fused-ring (bicyclic) bond motifs is 1. The number of ether oxygens (including phenoxy) is 1. The summed E-state index contributed by atoms with van der Waals surface area (Å²) in [5.41, 5.74) is 1.87. The van der Waals surface area contributed by atoms with Crippen LogP contribution in [0.15, 0.2) is 54.7 Å². The number of rotatable bonds is 3. The highest BCUT2D eigenvalue weighted by atomic mass is 35.5. The number of methoxy groups -OCH3 is 1. The normalized spacial score (nSPS) is 10.5. The number of carbonyl (C=O) groups is 1. The third-order valence-corrected chi connectivity index (χ3v) is 3.49. The van der Waals surface area contributed by atoms with Crippen molar-refractivity contribution >= 4 is 34.1 Å². The summed E-state index contributed by atoms with van der Waals surface area (Å²) < 4.78 is 5.19. The second-order valence-electron chi connectivity index (χ2n) is 4.72. The first kappa shape index (κ1) is 14.4. The van der Waals surface area contributed by atoms with Crippen LogP contribution in [-0.4, -0.2) is 18.0 Å². The van der Waals surface area contributed by atoms with Crippen molar-refractivity contribution in [3.8, 4) is 5.75 Å². The van der Waals surface area contributed by atoms with Crippen LogP contribution < -0.4 is 10.1 Å². The minimum Gasteiger partial charge on any atom is -0.496 e. The second-order valence-corrected chi connectivity index (χ2v) is 5.15. The summed E-state index contributed by atoms with van der Waals surface area (Å²) in [5, 5.41) is 4.24. The summed E-state index contributed by atoms with van der Waals surface area (Å²) in [5.74, 6) is 0.173. The predicted molar refractivity (Wildman–Crippen MR) is 87.7 cm³/mol. The molecular formula is C17H13ClN2O2. The molecule has 1 heterocycles. The Hall–Kier alpha value is -2.59.